The lowest BCUT2D eigenvalue weighted by Crippen LogP contribution is -1.97. The van der Waals surface area contributed by atoms with Gasteiger partial charge in [0.15, 0.2) is 11.5 Å². The fraction of sp³-hybridized carbons (Fsp3) is 0.538. The topological polar surface area (TPSA) is 27.7 Å². The van der Waals surface area contributed by atoms with E-state index in [1.54, 1.807) is 21.3 Å². The van der Waals surface area contributed by atoms with Gasteiger partial charge >= 0.3 is 0 Å². The quantitative estimate of drug-likeness (QED) is 0.743. The minimum Gasteiger partial charge on any atom is -0.493 e. The molecule has 3 heteroatoms. The summed E-state index contributed by atoms with van der Waals surface area (Å²) in [5, 5.41) is 0. The standard InChI is InChI=1S/C13H20O3/c1-5-6-7-10-8-11(14-2)13(16-4)12(9-10)15-3/h8-9H,5-7H2,1-4H3. The number of methoxy groups -OCH3 is 3. The monoisotopic (exact) mass is 224 g/mol. The summed E-state index contributed by atoms with van der Waals surface area (Å²) in [5.74, 6) is 2.12. The molecule has 0 spiro atoms. The van der Waals surface area contributed by atoms with Crippen molar-refractivity contribution in [3.8, 4) is 17.2 Å². The van der Waals surface area contributed by atoms with Gasteiger partial charge in [0, 0.05) is 0 Å². The molecule has 1 aromatic carbocycles. The van der Waals surface area contributed by atoms with Gasteiger partial charge in [-0.15, -0.1) is 0 Å². The molecule has 0 N–H and O–H groups in total. The molecule has 1 aromatic rings. The molecule has 1 rings (SSSR count). The van der Waals surface area contributed by atoms with Gasteiger partial charge < -0.3 is 14.2 Å². The molecule has 0 amide bonds. The fourth-order valence-corrected chi connectivity index (χ4v) is 1.66. The molecule has 0 bridgehead atoms. The highest BCUT2D eigenvalue weighted by atomic mass is 16.5. The van der Waals surface area contributed by atoms with Gasteiger partial charge in [-0.1, -0.05) is 13.3 Å². The molecule has 0 aliphatic carbocycles. The zero-order valence-corrected chi connectivity index (χ0v) is 10.5. The Labute approximate surface area is 97.3 Å². The van der Waals surface area contributed by atoms with Crippen molar-refractivity contribution < 1.29 is 14.2 Å². The zero-order chi connectivity index (χ0) is 12.0. The lowest BCUT2D eigenvalue weighted by molar-refractivity contribution is 0.323. The lowest BCUT2D eigenvalue weighted by Gasteiger charge is -2.13. The van der Waals surface area contributed by atoms with Crippen LogP contribution >= 0.6 is 0 Å². The highest BCUT2D eigenvalue weighted by molar-refractivity contribution is 5.53. The maximum Gasteiger partial charge on any atom is 0.203 e. The maximum absolute atomic E-state index is 5.29. The number of ether oxygens (including phenoxy) is 3. The van der Waals surface area contributed by atoms with Gasteiger partial charge in [0.1, 0.15) is 0 Å². The number of aryl methyl sites for hydroxylation is 1. The Morgan fingerprint density at radius 1 is 0.938 bits per heavy atom. The van der Waals surface area contributed by atoms with E-state index in [0.29, 0.717) is 5.75 Å². The third-order valence-electron chi connectivity index (χ3n) is 2.54. The van der Waals surface area contributed by atoms with Crippen molar-refractivity contribution in [2.24, 2.45) is 0 Å². The second kappa shape index (κ2) is 6.26. The highest BCUT2D eigenvalue weighted by Crippen LogP contribution is 2.38. The summed E-state index contributed by atoms with van der Waals surface area (Å²) >= 11 is 0. The molecule has 0 saturated carbocycles. The fourth-order valence-electron chi connectivity index (χ4n) is 1.66. The Balaban J connectivity index is 3.05. The second-order valence-electron chi connectivity index (χ2n) is 3.64. The molecule has 0 fully saturated rings. The third kappa shape index (κ3) is 2.81. The molecular formula is C13H20O3. The average molecular weight is 224 g/mol. The van der Waals surface area contributed by atoms with Gasteiger partial charge in [-0.2, -0.15) is 0 Å². The van der Waals surface area contributed by atoms with Crippen LogP contribution < -0.4 is 14.2 Å². The van der Waals surface area contributed by atoms with Crippen molar-refractivity contribution >= 4 is 0 Å². The van der Waals surface area contributed by atoms with E-state index in [1.807, 2.05) is 12.1 Å². The van der Waals surface area contributed by atoms with Gasteiger partial charge in [-0.25, -0.2) is 0 Å². The summed E-state index contributed by atoms with van der Waals surface area (Å²) < 4.78 is 15.9. The van der Waals surface area contributed by atoms with Gasteiger partial charge in [-0.3, -0.25) is 0 Å². The largest absolute Gasteiger partial charge is 0.493 e. The van der Waals surface area contributed by atoms with Crippen molar-refractivity contribution in [1.82, 2.24) is 0 Å². The molecule has 16 heavy (non-hydrogen) atoms. The van der Waals surface area contributed by atoms with E-state index in [-0.39, 0.29) is 0 Å². The van der Waals surface area contributed by atoms with Crippen molar-refractivity contribution in [3.63, 3.8) is 0 Å². The van der Waals surface area contributed by atoms with Gasteiger partial charge in [-0.05, 0) is 30.5 Å². The van der Waals surface area contributed by atoms with E-state index in [4.69, 9.17) is 14.2 Å². The van der Waals surface area contributed by atoms with Crippen LogP contribution in [-0.4, -0.2) is 21.3 Å². The Morgan fingerprint density at radius 2 is 1.50 bits per heavy atom. The predicted molar refractivity (Wildman–Crippen MR) is 64.7 cm³/mol. The van der Waals surface area contributed by atoms with Crippen LogP contribution in [0, 0.1) is 0 Å². The summed E-state index contributed by atoms with van der Waals surface area (Å²) in [5.41, 5.74) is 1.22. The summed E-state index contributed by atoms with van der Waals surface area (Å²) in [7, 11) is 4.90. The van der Waals surface area contributed by atoms with E-state index in [0.717, 1.165) is 17.9 Å². The van der Waals surface area contributed by atoms with Gasteiger partial charge in [0.2, 0.25) is 5.75 Å². The van der Waals surface area contributed by atoms with Crippen molar-refractivity contribution in [3.05, 3.63) is 17.7 Å². The summed E-state index contributed by atoms with van der Waals surface area (Å²) in [6, 6.07) is 4.02. The van der Waals surface area contributed by atoms with Crippen LogP contribution in [0.3, 0.4) is 0 Å². The van der Waals surface area contributed by atoms with E-state index in [2.05, 4.69) is 6.92 Å². The van der Waals surface area contributed by atoms with Crippen molar-refractivity contribution in [2.75, 3.05) is 21.3 Å². The van der Waals surface area contributed by atoms with Crippen LogP contribution in [-0.2, 0) is 6.42 Å². The number of hydrogen-bond donors (Lipinski definition) is 0. The molecule has 0 unspecified atom stereocenters. The first-order valence-corrected chi connectivity index (χ1v) is 5.55. The van der Waals surface area contributed by atoms with Crippen molar-refractivity contribution in [1.29, 1.82) is 0 Å². The molecule has 3 nitrogen and oxygen atoms in total. The summed E-state index contributed by atoms with van der Waals surface area (Å²) in [6.45, 7) is 2.18. The Kier molecular flexibility index (Phi) is 4.96. The molecule has 0 aliphatic heterocycles. The van der Waals surface area contributed by atoms with Gasteiger partial charge in [0.25, 0.3) is 0 Å². The first-order valence-electron chi connectivity index (χ1n) is 5.55. The van der Waals surface area contributed by atoms with Crippen molar-refractivity contribution in [2.45, 2.75) is 26.2 Å². The Bertz CT molecular complexity index is 309. The summed E-state index contributed by atoms with van der Waals surface area (Å²) in [4.78, 5) is 0. The van der Waals surface area contributed by atoms with Crippen LogP contribution in [0.25, 0.3) is 0 Å². The molecular weight excluding hydrogens is 204 g/mol. The minimum atomic E-state index is 0.658. The van der Waals surface area contributed by atoms with Crippen LogP contribution in [0.1, 0.15) is 25.3 Å². The number of hydrogen-bond acceptors (Lipinski definition) is 3. The first-order chi connectivity index (χ1) is 7.76. The van der Waals surface area contributed by atoms with Crippen LogP contribution in [0.15, 0.2) is 12.1 Å². The Morgan fingerprint density at radius 3 is 1.88 bits per heavy atom. The highest BCUT2D eigenvalue weighted by Gasteiger charge is 2.12. The van der Waals surface area contributed by atoms with E-state index >= 15 is 0 Å². The molecule has 0 aliphatic rings. The number of rotatable bonds is 6. The van der Waals surface area contributed by atoms with E-state index < -0.39 is 0 Å². The molecule has 0 atom stereocenters. The normalized spacial score (nSPS) is 10.0. The third-order valence-corrected chi connectivity index (χ3v) is 2.54. The number of benzene rings is 1. The van der Waals surface area contributed by atoms with Gasteiger partial charge in [0.05, 0.1) is 21.3 Å². The smallest absolute Gasteiger partial charge is 0.203 e. The molecule has 0 aromatic heterocycles. The van der Waals surface area contributed by atoms with Crippen LogP contribution in [0.4, 0.5) is 0 Å². The maximum atomic E-state index is 5.29. The number of unbranched alkanes of at least 4 members (excludes halogenated alkanes) is 1. The van der Waals surface area contributed by atoms with Crippen LogP contribution in [0.5, 0.6) is 17.2 Å². The summed E-state index contributed by atoms with van der Waals surface area (Å²) in [6.07, 6.45) is 3.38. The van der Waals surface area contributed by atoms with E-state index in [9.17, 15) is 0 Å². The second-order valence-corrected chi connectivity index (χ2v) is 3.64. The SMILES string of the molecule is CCCCc1cc(OC)c(OC)c(OC)c1. The average Bonchev–Trinajstić information content (AvgIpc) is 2.34. The zero-order valence-electron chi connectivity index (χ0n) is 10.5. The first kappa shape index (κ1) is 12.7. The minimum absolute atomic E-state index is 0.658. The molecule has 0 saturated heterocycles. The lowest BCUT2D eigenvalue weighted by atomic mass is 10.1. The molecule has 0 radical (unpaired) electrons. The van der Waals surface area contributed by atoms with Crippen LogP contribution in [0.2, 0.25) is 0 Å². The molecule has 90 valence electrons. The van der Waals surface area contributed by atoms with E-state index in [1.165, 1.54) is 18.4 Å². The predicted octanol–water partition coefficient (Wildman–Crippen LogP) is 3.06. The molecule has 0 heterocycles. The Hall–Kier alpha value is -1.38.